The molecule has 1 aromatic carbocycles. The van der Waals surface area contributed by atoms with Crippen LogP contribution in [0.2, 0.25) is 0 Å². The highest BCUT2D eigenvalue weighted by Crippen LogP contribution is 2.31. The molecule has 0 radical (unpaired) electrons. The number of carbonyl (C=O) groups excluding carboxylic acids is 1. The van der Waals surface area contributed by atoms with Crippen molar-refractivity contribution >= 4 is 42.1 Å². The number of carbonyl (C=O) groups is 1. The predicted molar refractivity (Wildman–Crippen MR) is 95.4 cm³/mol. The van der Waals surface area contributed by atoms with Gasteiger partial charge in [-0.1, -0.05) is 6.07 Å². The van der Waals surface area contributed by atoms with Crippen molar-refractivity contribution in [3.05, 3.63) is 24.0 Å². The summed E-state index contributed by atoms with van der Waals surface area (Å²) in [7, 11) is 1.50. The minimum Gasteiger partial charge on any atom is -0.380 e. The molecule has 132 valence electrons. The van der Waals surface area contributed by atoms with E-state index >= 15 is 0 Å². The van der Waals surface area contributed by atoms with Crippen LogP contribution in [0.25, 0.3) is 0 Å². The number of nitrogens with one attached hydrogen (secondary N) is 1. The van der Waals surface area contributed by atoms with Crippen LogP contribution in [-0.4, -0.2) is 38.8 Å². The molecule has 1 saturated heterocycles. The summed E-state index contributed by atoms with van der Waals surface area (Å²) in [5.74, 6) is -0.715. The number of methoxy groups -OCH3 is 1. The van der Waals surface area contributed by atoms with Gasteiger partial charge < -0.3 is 20.7 Å². The summed E-state index contributed by atoms with van der Waals surface area (Å²) >= 11 is 0. The lowest BCUT2D eigenvalue weighted by Gasteiger charge is -2.22. The second-order valence-corrected chi connectivity index (χ2v) is 5.17. The van der Waals surface area contributed by atoms with Crippen molar-refractivity contribution < 1.29 is 13.9 Å². The number of rotatable bonds is 6. The highest BCUT2D eigenvalue weighted by molar-refractivity contribution is 5.94. The number of ether oxygens (including phenoxy) is 1. The van der Waals surface area contributed by atoms with Gasteiger partial charge in [-0.15, -0.1) is 24.8 Å². The van der Waals surface area contributed by atoms with Crippen LogP contribution in [0.4, 0.5) is 15.8 Å². The van der Waals surface area contributed by atoms with Gasteiger partial charge >= 0.3 is 0 Å². The van der Waals surface area contributed by atoms with Crippen molar-refractivity contribution in [2.75, 3.05) is 37.0 Å². The Morgan fingerprint density at radius 2 is 2.04 bits per heavy atom. The molecule has 23 heavy (non-hydrogen) atoms. The van der Waals surface area contributed by atoms with E-state index in [0.717, 1.165) is 31.6 Å². The molecule has 1 atom stereocenters. The molecule has 0 aromatic heterocycles. The van der Waals surface area contributed by atoms with Crippen LogP contribution in [0.5, 0.6) is 0 Å². The van der Waals surface area contributed by atoms with Gasteiger partial charge in [0.1, 0.15) is 11.5 Å². The lowest BCUT2D eigenvalue weighted by molar-refractivity contribution is -0.118. The van der Waals surface area contributed by atoms with E-state index < -0.39 is 5.82 Å². The Morgan fingerprint density at radius 1 is 1.39 bits per heavy atom. The number of amides is 1. The summed E-state index contributed by atoms with van der Waals surface area (Å²) in [6, 6.07) is 4.85. The molecule has 1 amide bonds. The fourth-order valence-electron chi connectivity index (χ4n) is 2.52. The number of anilines is 2. The number of para-hydroxylation sites is 1. The molecule has 0 saturated carbocycles. The van der Waals surface area contributed by atoms with Crippen molar-refractivity contribution in [1.29, 1.82) is 0 Å². The largest absolute Gasteiger partial charge is 0.380 e. The van der Waals surface area contributed by atoms with Gasteiger partial charge in [-0.2, -0.15) is 0 Å². The maximum Gasteiger partial charge on any atom is 0.227 e. The highest BCUT2D eigenvalue weighted by Gasteiger charge is 2.20. The normalized spacial score (nSPS) is 14.7. The molecule has 1 heterocycles. The van der Waals surface area contributed by atoms with Crippen LogP contribution in [-0.2, 0) is 9.53 Å². The van der Waals surface area contributed by atoms with Gasteiger partial charge in [0.2, 0.25) is 5.91 Å². The van der Waals surface area contributed by atoms with Crippen molar-refractivity contribution in [1.82, 2.24) is 0 Å². The van der Waals surface area contributed by atoms with Crippen LogP contribution < -0.4 is 16.0 Å². The maximum absolute atomic E-state index is 14.1. The van der Waals surface area contributed by atoms with E-state index in [0.29, 0.717) is 0 Å². The van der Waals surface area contributed by atoms with Gasteiger partial charge in [0, 0.05) is 26.7 Å². The van der Waals surface area contributed by atoms with E-state index in [1.165, 1.54) is 13.2 Å². The molecule has 2 rings (SSSR count). The van der Waals surface area contributed by atoms with Crippen molar-refractivity contribution in [2.45, 2.75) is 25.4 Å². The van der Waals surface area contributed by atoms with E-state index in [9.17, 15) is 9.18 Å². The van der Waals surface area contributed by atoms with Gasteiger partial charge in [-0.05, 0) is 25.0 Å². The lowest BCUT2D eigenvalue weighted by Crippen LogP contribution is -2.29. The zero-order valence-corrected chi connectivity index (χ0v) is 14.7. The van der Waals surface area contributed by atoms with Crippen LogP contribution >= 0.6 is 24.8 Å². The molecule has 3 N–H and O–H groups in total. The minimum atomic E-state index is -0.422. The third-order valence-electron chi connectivity index (χ3n) is 3.71. The topological polar surface area (TPSA) is 67.6 Å². The quantitative estimate of drug-likeness (QED) is 0.810. The van der Waals surface area contributed by atoms with Crippen molar-refractivity contribution in [2.24, 2.45) is 5.73 Å². The molecule has 5 nitrogen and oxygen atoms in total. The molecule has 1 fully saturated rings. The Morgan fingerprint density at radius 3 is 2.61 bits per heavy atom. The van der Waals surface area contributed by atoms with Gasteiger partial charge in [-0.3, -0.25) is 4.79 Å². The Kier molecular flexibility index (Phi) is 10.1. The standard InChI is InChI=1S/C15H22FN3O2.2ClH/c1-21-11(10-17)9-14(20)18-15-12(16)5-4-6-13(15)19-7-2-3-8-19;;/h4-6,11H,2-3,7-10,17H2,1H3,(H,18,20);2*1H. The summed E-state index contributed by atoms with van der Waals surface area (Å²) in [6.07, 6.45) is 1.93. The number of halogens is 3. The zero-order chi connectivity index (χ0) is 15.2. The monoisotopic (exact) mass is 367 g/mol. The van der Waals surface area contributed by atoms with E-state index in [1.807, 2.05) is 6.07 Å². The molecule has 1 aliphatic rings. The van der Waals surface area contributed by atoms with Gasteiger partial charge in [-0.25, -0.2) is 4.39 Å². The molecule has 1 aromatic rings. The minimum absolute atomic E-state index is 0. The van der Waals surface area contributed by atoms with Crippen LogP contribution in [0.3, 0.4) is 0 Å². The van der Waals surface area contributed by atoms with Gasteiger partial charge in [0.05, 0.1) is 18.2 Å². The summed E-state index contributed by atoms with van der Waals surface area (Å²) in [5, 5.41) is 2.66. The Balaban J connectivity index is 0.00000242. The SMILES string of the molecule is COC(CN)CC(=O)Nc1c(F)cccc1N1CCCC1.Cl.Cl. The first-order valence-electron chi connectivity index (χ1n) is 7.22. The van der Waals surface area contributed by atoms with E-state index in [4.69, 9.17) is 10.5 Å². The summed E-state index contributed by atoms with van der Waals surface area (Å²) < 4.78 is 19.1. The Labute approximate surface area is 148 Å². The number of hydrogen-bond acceptors (Lipinski definition) is 4. The number of benzene rings is 1. The van der Waals surface area contributed by atoms with Crippen molar-refractivity contribution in [3.63, 3.8) is 0 Å². The van der Waals surface area contributed by atoms with Gasteiger partial charge in [0.25, 0.3) is 0 Å². The molecule has 1 aliphatic heterocycles. The molecular formula is C15H24Cl2FN3O2. The number of hydrogen-bond donors (Lipinski definition) is 2. The fraction of sp³-hybridized carbons (Fsp3) is 0.533. The summed E-state index contributed by atoms with van der Waals surface area (Å²) in [4.78, 5) is 14.1. The third-order valence-corrected chi connectivity index (χ3v) is 3.71. The van der Waals surface area contributed by atoms with Crippen LogP contribution in [0, 0.1) is 5.82 Å². The number of nitrogens with zero attached hydrogens (tertiary/aromatic N) is 1. The Bertz CT molecular complexity index is 496. The predicted octanol–water partition coefficient (Wildman–Crippen LogP) is 2.57. The second kappa shape index (κ2) is 10.6. The average Bonchev–Trinajstić information content (AvgIpc) is 3.01. The average molecular weight is 368 g/mol. The molecule has 0 spiro atoms. The third kappa shape index (κ3) is 5.80. The molecule has 0 bridgehead atoms. The fourth-order valence-corrected chi connectivity index (χ4v) is 2.52. The molecule has 8 heteroatoms. The Hall–Kier alpha value is -1.08. The molecular weight excluding hydrogens is 344 g/mol. The van der Waals surface area contributed by atoms with E-state index in [2.05, 4.69) is 10.2 Å². The first-order valence-corrected chi connectivity index (χ1v) is 7.22. The molecule has 0 aliphatic carbocycles. The highest BCUT2D eigenvalue weighted by atomic mass is 35.5. The first-order chi connectivity index (χ1) is 10.2. The zero-order valence-electron chi connectivity index (χ0n) is 13.1. The number of nitrogens with two attached hydrogens (primary N) is 1. The smallest absolute Gasteiger partial charge is 0.227 e. The van der Waals surface area contributed by atoms with Gasteiger partial charge in [0.15, 0.2) is 0 Å². The molecule has 1 unspecified atom stereocenters. The van der Waals surface area contributed by atoms with Crippen molar-refractivity contribution in [3.8, 4) is 0 Å². The van der Waals surface area contributed by atoms with Crippen LogP contribution in [0.1, 0.15) is 19.3 Å². The summed E-state index contributed by atoms with van der Waals surface area (Å²) in [6.45, 7) is 2.02. The van der Waals surface area contributed by atoms with E-state index in [1.54, 1.807) is 6.07 Å². The maximum atomic E-state index is 14.1. The van der Waals surface area contributed by atoms with E-state index in [-0.39, 0.29) is 55.5 Å². The first kappa shape index (κ1) is 21.9. The lowest BCUT2D eigenvalue weighted by atomic mass is 10.2. The summed E-state index contributed by atoms with van der Waals surface area (Å²) in [5.41, 5.74) is 6.48. The second-order valence-electron chi connectivity index (χ2n) is 5.17. The van der Waals surface area contributed by atoms with Crippen LogP contribution in [0.15, 0.2) is 18.2 Å².